The third-order valence-electron chi connectivity index (χ3n) is 2.78. The number of rotatable bonds is 2. The summed E-state index contributed by atoms with van der Waals surface area (Å²) in [5.74, 6) is -1.46. The number of hydrogen-bond donors (Lipinski definition) is 1. The first-order chi connectivity index (χ1) is 9.52. The Kier molecular flexibility index (Phi) is 3.31. The highest BCUT2D eigenvalue weighted by Crippen LogP contribution is 2.33. The minimum Gasteiger partial charge on any atom is -0.328 e. The Labute approximate surface area is 123 Å². The SMILES string of the molecule is Cc1ccc2nc(Nc3c(F)cc(F)cc3Cl)sc2c1. The van der Waals surface area contributed by atoms with E-state index in [1.807, 2.05) is 25.1 Å². The van der Waals surface area contributed by atoms with Gasteiger partial charge in [-0.3, -0.25) is 0 Å². The topological polar surface area (TPSA) is 24.9 Å². The lowest BCUT2D eigenvalue weighted by atomic mass is 10.2. The van der Waals surface area contributed by atoms with Crippen molar-refractivity contribution in [2.45, 2.75) is 6.92 Å². The molecule has 6 heteroatoms. The van der Waals surface area contributed by atoms with Gasteiger partial charge in [0.05, 0.1) is 20.9 Å². The zero-order chi connectivity index (χ0) is 14.3. The van der Waals surface area contributed by atoms with Crippen molar-refractivity contribution < 1.29 is 8.78 Å². The van der Waals surface area contributed by atoms with Gasteiger partial charge < -0.3 is 5.32 Å². The van der Waals surface area contributed by atoms with E-state index in [2.05, 4.69) is 10.3 Å². The van der Waals surface area contributed by atoms with E-state index in [4.69, 9.17) is 11.6 Å². The Morgan fingerprint density at radius 1 is 1.20 bits per heavy atom. The maximum absolute atomic E-state index is 13.7. The number of nitrogens with one attached hydrogen (secondary N) is 1. The van der Waals surface area contributed by atoms with Gasteiger partial charge in [-0.25, -0.2) is 13.8 Å². The van der Waals surface area contributed by atoms with Gasteiger partial charge in [-0.15, -0.1) is 0 Å². The normalized spacial score (nSPS) is 11.0. The maximum Gasteiger partial charge on any atom is 0.188 e. The first kappa shape index (κ1) is 13.3. The summed E-state index contributed by atoms with van der Waals surface area (Å²) >= 11 is 7.23. The van der Waals surface area contributed by atoms with Crippen LogP contribution in [0.15, 0.2) is 30.3 Å². The fourth-order valence-electron chi connectivity index (χ4n) is 1.85. The van der Waals surface area contributed by atoms with Crippen molar-refractivity contribution >= 4 is 44.0 Å². The van der Waals surface area contributed by atoms with Gasteiger partial charge in [0.15, 0.2) is 10.9 Å². The van der Waals surface area contributed by atoms with Crippen LogP contribution in [0.1, 0.15) is 5.56 Å². The molecule has 0 saturated heterocycles. The van der Waals surface area contributed by atoms with Crippen LogP contribution in [0.4, 0.5) is 19.6 Å². The molecule has 0 aliphatic carbocycles. The van der Waals surface area contributed by atoms with Crippen LogP contribution in [0.5, 0.6) is 0 Å². The summed E-state index contributed by atoms with van der Waals surface area (Å²) in [4.78, 5) is 4.34. The molecule has 2 aromatic carbocycles. The van der Waals surface area contributed by atoms with Gasteiger partial charge >= 0.3 is 0 Å². The molecule has 20 heavy (non-hydrogen) atoms. The fourth-order valence-corrected chi connectivity index (χ4v) is 3.06. The van der Waals surface area contributed by atoms with Gasteiger partial charge in [0, 0.05) is 6.07 Å². The Balaban J connectivity index is 2.01. The second-order valence-corrected chi connectivity index (χ2v) is 5.80. The third kappa shape index (κ3) is 2.46. The van der Waals surface area contributed by atoms with Crippen molar-refractivity contribution in [1.29, 1.82) is 0 Å². The molecule has 0 atom stereocenters. The summed E-state index contributed by atoms with van der Waals surface area (Å²) in [6, 6.07) is 7.70. The number of halogens is 3. The lowest BCUT2D eigenvalue weighted by molar-refractivity contribution is 0.586. The van der Waals surface area contributed by atoms with Gasteiger partial charge in [-0.05, 0) is 30.7 Å². The highest BCUT2D eigenvalue weighted by Gasteiger charge is 2.12. The van der Waals surface area contributed by atoms with Crippen LogP contribution in [0.2, 0.25) is 5.02 Å². The van der Waals surface area contributed by atoms with E-state index in [-0.39, 0.29) is 10.7 Å². The monoisotopic (exact) mass is 310 g/mol. The fraction of sp³-hybridized carbons (Fsp3) is 0.0714. The minimum absolute atomic E-state index is 0.0158. The number of fused-ring (bicyclic) bond motifs is 1. The number of aryl methyl sites for hydroxylation is 1. The van der Waals surface area contributed by atoms with Crippen LogP contribution in [-0.4, -0.2) is 4.98 Å². The van der Waals surface area contributed by atoms with E-state index in [1.54, 1.807) is 0 Å². The van der Waals surface area contributed by atoms with Crippen LogP contribution in [0.3, 0.4) is 0 Å². The summed E-state index contributed by atoms with van der Waals surface area (Å²) < 4.78 is 27.7. The Morgan fingerprint density at radius 2 is 2.00 bits per heavy atom. The van der Waals surface area contributed by atoms with Crippen LogP contribution < -0.4 is 5.32 Å². The van der Waals surface area contributed by atoms with Gasteiger partial charge in [-0.1, -0.05) is 29.0 Å². The van der Waals surface area contributed by atoms with Crippen molar-refractivity contribution in [2.75, 3.05) is 5.32 Å². The Morgan fingerprint density at radius 3 is 2.75 bits per heavy atom. The summed E-state index contributed by atoms with van der Waals surface area (Å²) in [7, 11) is 0. The van der Waals surface area contributed by atoms with Gasteiger partial charge in [-0.2, -0.15) is 0 Å². The van der Waals surface area contributed by atoms with Crippen molar-refractivity contribution in [3.05, 3.63) is 52.6 Å². The molecule has 0 unspecified atom stereocenters. The van der Waals surface area contributed by atoms with Crippen molar-refractivity contribution in [1.82, 2.24) is 4.98 Å². The third-order valence-corrected chi connectivity index (χ3v) is 4.01. The molecule has 0 bridgehead atoms. The summed E-state index contributed by atoms with van der Waals surface area (Å²) in [5.41, 5.74) is 1.98. The minimum atomic E-state index is -0.745. The highest BCUT2D eigenvalue weighted by molar-refractivity contribution is 7.22. The predicted octanol–water partition coefficient (Wildman–Crippen LogP) is 5.28. The van der Waals surface area contributed by atoms with E-state index >= 15 is 0 Å². The molecule has 1 aromatic heterocycles. The molecule has 1 heterocycles. The average Bonchev–Trinajstić information content (AvgIpc) is 2.75. The van der Waals surface area contributed by atoms with E-state index in [0.717, 1.165) is 27.9 Å². The largest absolute Gasteiger partial charge is 0.328 e. The average molecular weight is 311 g/mol. The van der Waals surface area contributed by atoms with Crippen molar-refractivity contribution in [2.24, 2.45) is 0 Å². The number of anilines is 2. The lowest BCUT2D eigenvalue weighted by Gasteiger charge is -2.06. The first-order valence-electron chi connectivity index (χ1n) is 5.82. The van der Waals surface area contributed by atoms with Crippen molar-refractivity contribution in [3.8, 4) is 0 Å². The number of nitrogens with zero attached hydrogens (tertiary/aromatic N) is 1. The summed E-state index contributed by atoms with van der Waals surface area (Å²) in [5, 5.41) is 3.31. The number of hydrogen-bond acceptors (Lipinski definition) is 3. The Hall–Kier alpha value is -1.72. The van der Waals surface area contributed by atoms with Gasteiger partial charge in [0.2, 0.25) is 0 Å². The van der Waals surface area contributed by atoms with Crippen LogP contribution in [0, 0.1) is 18.6 Å². The number of aromatic nitrogens is 1. The van der Waals surface area contributed by atoms with Crippen molar-refractivity contribution in [3.63, 3.8) is 0 Å². The maximum atomic E-state index is 13.7. The summed E-state index contributed by atoms with van der Waals surface area (Å²) in [6.45, 7) is 1.99. The van der Waals surface area contributed by atoms with Gasteiger partial charge in [0.1, 0.15) is 5.82 Å². The number of thiazole rings is 1. The summed E-state index contributed by atoms with van der Waals surface area (Å²) in [6.07, 6.45) is 0. The molecule has 0 saturated carbocycles. The van der Waals surface area contributed by atoms with E-state index < -0.39 is 11.6 Å². The zero-order valence-electron chi connectivity index (χ0n) is 10.4. The van der Waals surface area contributed by atoms with E-state index in [0.29, 0.717) is 5.13 Å². The smallest absolute Gasteiger partial charge is 0.188 e. The molecule has 2 nitrogen and oxygen atoms in total. The molecule has 102 valence electrons. The quantitative estimate of drug-likeness (QED) is 0.696. The Bertz CT molecular complexity index is 778. The molecular formula is C14H9ClF2N2S. The lowest BCUT2D eigenvalue weighted by Crippen LogP contribution is -1.95. The molecule has 0 amide bonds. The van der Waals surface area contributed by atoms with Crippen LogP contribution >= 0.6 is 22.9 Å². The first-order valence-corrected chi connectivity index (χ1v) is 7.01. The van der Waals surface area contributed by atoms with Gasteiger partial charge in [0.25, 0.3) is 0 Å². The highest BCUT2D eigenvalue weighted by atomic mass is 35.5. The van der Waals surface area contributed by atoms with Crippen LogP contribution in [-0.2, 0) is 0 Å². The second kappa shape index (κ2) is 5.00. The zero-order valence-corrected chi connectivity index (χ0v) is 11.9. The molecule has 3 aromatic rings. The second-order valence-electron chi connectivity index (χ2n) is 4.36. The predicted molar refractivity (Wildman–Crippen MR) is 79.0 cm³/mol. The molecule has 0 aliphatic rings. The molecule has 1 N–H and O–H groups in total. The van der Waals surface area contributed by atoms with E-state index in [1.165, 1.54) is 11.3 Å². The molecule has 0 radical (unpaired) electrons. The van der Waals surface area contributed by atoms with E-state index in [9.17, 15) is 8.78 Å². The molecule has 0 spiro atoms. The molecule has 3 rings (SSSR count). The number of benzene rings is 2. The standard InChI is InChI=1S/C14H9ClF2N2S/c1-7-2-3-11-12(4-7)20-14(18-11)19-13-9(15)5-8(16)6-10(13)17/h2-6H,1H3,(H,18,19). The molecule has 0 fully saturated rings. The molecule has 0 aliphatic heterocycles. The van der Waals surface area contributed by atoms with Crippen LogP contribution in [0.25, 0.3) is 10.2 Å². The molecular weight excluding hydrogens is 302 g/mol.